The Kier molecular flexibility index (Phi) is 6.44. The van der Waals surface area contributed by atoms with Crippen molar-refractivity contribution in [2.24, 2.45) is 5.92 Å². The predicted octanol–water partition coefficient (Wildman–Crippen LogP) is 5.50. The van der Waals surface area contributed by atoms with E-state index in [0.717, 1.165) is 41.3 Å². The Labute approximate surface area is 122 Å². The Bertz CT molecular complexity index is 449. The summed E-state index contributed by atoms with van der Waals surface area (Å²) in [5.74, 6) is 1.49. The molecule has 0 fully saturated rings. The molecular formula is C17H25ClO. The van der Waals surface area contributed by atoms with Crippen molar-refractivity contribution in [2.75, 3.05) is 6.61 Å². The Morgan fingerprint density at radius 2 is 2.05 bits per heavy atom. The van der Waals surface area contributed by atoms with E-state index in [1.807, 2.05) is 6.92 Å². The minimum atomic E-state index is 0.492. The van der Waals surface area contributed by atoms with Gasteiger partial charge in [0.05, 0.1) is 6.61 Å². The summed E-state index contributed by atoms with van der Waals surface area (Å²) >= 11 is 6.38. The topological polar surface area (TPSA) is 9.23 Å². The van der Waals surface area contributed by atoms with E-state index in [-0.39, 0.29) is 0 Å². The van der Waals surface area contributed by atoms with Gasteiger partial charge in [-0.25, -0.2) is 0 Å². The van der Waals surface area contributed by atoms with Gasteiger partial charge < -0.3 is 4.74 Å². The first-order chi connectivity index (χ1) is 9.01. The van der Waals surface area contributed by atoms with Gasteiger partial charge in [0.15, 0.2) is 0 Å². The lowest BCUT2D eigenvalue weighted by Gasteiger charge is -2.18. The molecule has 0 aliphatic rings. The van der Waals surface area contributed by atoms with E-state index in [1.165, 1.54) is 5.56 Å². The molecule has 0 radical (unpaired) electrons. The van der Waals surface area contributed by atoms with E-state index < -0.39 is 0 Å². The van der Waals surface area contributed by atoms with Gasteiger partial charge in [-0.1, -0.05) is 37.6 Å². The van der Waals surface area contributed by atoms with Crippen LogP contribution in [0.15, 0.2) is 18.2 Å². The molecular weight excluding hydrogens is 256 g/mol. The van der Waals surface area contributed by atoms with Crippen molar-refractivity contribution in [3.05, 3.63) is 39.9 Å². The summed E-state index contributed by atoms with van der Waals surface area (Å²) in [6.45, 7) is 11.3. The number of benzene rings is 1. The normalized spacial score (nSPS) is 12.9. The van der Waals surface area contributed by atoms with Crippen molar-refractivity contribution in [2.45, 2.75) is 47.5 Å². The molecule has 0 N–H and O–H groups in total. The second-order valence-corrected chi connectivity index (χ2v) is 5.54. The van der Waals surface area contributed by atoms with Gasteiger partial charge in [0.25, 0.3) is 0 Å². The SMILES string of the molecule is C/C=C\C(C)Cc1c(OCCC)cc(C)c(Cl)c1C. The molecule has 0 aliphatic carbocycles. The maximum absolute atomic E-state index is 6.38. The lowest BCUT2D eigenvalue weighted by molar-refractivity contribution is 0.313. The number of rotatable bonds is 6. The van der Waals surface area contributed by atoms with Crippen LogP contribution in [0.1, 0.15) is 43.9 Å². The van der Waals surface area contributed by atoms with Crippen molar-refractivity contribution >= 4 is 11.6 Å². The van der Waals surface area contributed by atoms with Crippen LogP contribution in [0.2, 0.25) is 5.02 Å². The maximum atomic E-state index is 6.38. The predicted molar refractivity (Wildman–Crippen MR) is 84.4 cm³/mol. The Morgan fingerprint density at radius 3 is 2.63 bits per heavy atom. The second kappa shape index (κ2) is 7.59. The van der Waals surface area contributed by atoms with E-state index in [4.69, 9.17) is 16.3 Å². The fraction of sp³-hybridized carbons (Fsp3) is 0.529. The zero-order valence-electron chi connectivity index (χ0n) is 12.7. The molecule has 1 atom stereocenters. The van der Waals surface area contributed by atoms with Gasteiger partial charge in [0.1, 0.15) is 5.75 Å². The van der Waals surface area contributed by atoms with Gasteiger partial charge in [-0.2, -0.15) is 0 Å². The van der Waals surface area contributed by atoms with Crippen LogP contribution in [0.4, 0.5) is 0 Å². The van der Waals surface area contributed by atoms with Crippen molar-refractivity contribution in [3.8, 4) is 5.75 Å². The highest BCUT2D eigenvalue weighted by molar-refractivity contribution is 6.32. The van der Waals surface area contributed by atoms with E-state index in [2.05, 4.69) is 45.9 Å². The van der Waals surface area contributed by atoms with Gasteiger partial charge in [-0.05, 0) is 62.3 Å². The fourth-order valence-corrected chi connectivity index (χ4v) is 2.44. The molecule has 1 nitrogen and oxygen atoms in total. The van der Waals surface area contributed by atoms with Gasteiger partial charge in [0.2, 0.25) is 0 Å². The lowest BCUT2D eigenvalue weighted by atomic mass is 9.94. The molecule has 0 bridgehead atoms. The van der Waals surface area contributed by atoms with E-state index in [9.17, 15) is 0 Å². The molecule has 0 heterocycles. The number of allylic oxidation sites excluding steroid dienone is 2. The number of aryl methyl sites for hydroxylation is 1. The van der Waals surface area contributed by atoms with Crippen LogP contribution in [0.5, 0.6) is 5.75 Å². The molecule has 19 heavy (non-hydrogen) atoms. The molecule has 0 saturated heterocycles. The highest BCUT2D eigenvalue weighted by Gasteiger charge is 2.14. The smallest absolute Gasteiger partial charge is 0.123 e. The first-order valence-electron chi connectivity index (χ1n) is 7.05. The molecule has 106 valence electrons. The first-order valence-corrected chi connectivity index (χ1v) is 7.43. The van der Waals surface area contributed by atoms with Crippen molar-refractivity contribution in [1.29, 1.82) is 0 Å². The van der Waals surface area contributed by atoms with Crippen molar-refractivity contribution in [3.63, 3.8) is 0 Å². The fourth-order valence-electron chi connectivity index (χ4n) is 2.27. The standard InChI is InChI=1S/C17H25ClO/c1-6-8-12(3)10-15-14(5)17(18)13(4)11-16(15)19-9-7-2/h6,8,11-12H,7,9-10H2,1-5H3/b8-6-. The summed E-state index contributed by atoms with van der Waals surface area (Å²) in [6, 6.07) is 2.07. The van der Waals surface area contributed by atoms with Crippen molar-refractivity contribution in [1.82, 2.24) is 0 Å². The Morgan fingerprint density at radius 1 is 1.37 bits per heavy atom. The molecule has 0 aliphatic heterocycles. The van der Waals surface area contributed by atoms with Crippen LogP contribution in [-0.4, -0.2) is 6.61 Å². The largest absolute Gasteiger partial charge is 0.493 e. The maximum Gasteiger partial charge on any atom is 0.123 e. The van der Waals surface area contributed by atoms with Crippen LogP contribution in [0.3, 0.4) is 0 Å². The molecule has 1 aromatic rings. The van der Waals surface area contributed by atoms with Gasteiger partial charge in [0, 0.05) is 5.02 Å². The highest BCUT2D eigenvalue weighted by Crippen LogP contribution is 2.33. The van der Waals surface area contributed by atoms with E-state index >= 15 is 0 Å². The average Bonchev–Trinajstić information content (AvgIpc) is 2.38. The van der Waals surface area contributed by atoms with Crippen LogP contribution in [0, 0.1) is 19.8 Å². The van der Waals surface area contributed by atoms with Crippen LogP contribution in [0.25, 0.3) is 0 Å². The average molecular weight is 281 g/mol. The molecule has 0 amide bonds. The zero-order chi connectivity index (χ0) is 14.4. The molecule has 1 aromatic carbocycles. The lowest BCUT2D eigenvalue weighted by Crippen LogP contribution is -2.05. The molecule has 1 rings (SSSR count). The number of halogens is 1. The third kappa shape index (κ3) is 4.28. The Balaban J connectivity index is 3.13. The van der Waals surface area contributed by atoms with Crippen LogP contribution in [-0.2, 0) is 6.42 Å². The molecule has 0 aromatic heterocycles. The summed E-state index contributed by atoms with van der Waals surface area (Å²) in [6.07, 6.45) is 6.30. The number of hydrogen-bond donors (Lipinski definition) is 0. The van der Waals surface area contributed by atoms with Gasteiger partial charge >= 0.3 is 0 Å². The van der Waals surface area contributed by atoms with Crippen LogP contribution >= 0.6 is 11.6 Å². The van der Waals surface area contributed by atoms with Crippen LogP contribution < -0.4 is 4.74 Å². The minimum Gasteiger partial charge on any atom is -0.493 e. The molecule has 0 saturated carbocycles. The minimum absolute atomic E-state index is 0.492. The summed E-state index contributed by atoms with van der Waals surface area (Å²) in [5, 5.41) is 0.867. The number of ether oxygens (including phenoxy) is 1. The second-order valence-electron chi connectivity index (χ2n) is 5.16. The summed E-state index contributed by atoms with van der Waals surface area (Å²) < 4.78 is 5.90. The third-order valence-electron chi connectivity index (χ3n) is 3.28. The monoisotopic (exact) mass is 280 g/mol. The number of hydrogen-bond acceptors (Lipinski definition) is 1. The summed E-state index contributed by atoms with van der Waals surface area (Å²) in [4.78, 5) is 0. The molecule has 0 spiro atoms. The van der Waals surface area contributed by atoms with Gasteiger partial charge in [-0.3, -0.25) is 0 Å². The molecule has 1 unspecified atom stereocenters. The van der Waals surface area contributed by atoms with E-state index in [1.54, 1.807) is 0 Å². The van der Waals surface area contributed by atoms with E-state index in [0.29, 0.717) is 5.92 Å². The summed E-state index contributed by atoms with van der Waals surface area (Å²) in [5.41, 5.74) is 3.49. The first kappa shape index (κ1) is 16.1. The highest BCUT2D eigenvalue weighted by atomic mass is 35.5. The van der Waals surface area contributed by atoms with Crippen molar-refractivity contribution < 1.29 is 4.74 Å². The summed E-state index contributed by atoms with van der Waals surface area (Å²) in [7, 11) is 0. The molecule has 2 heteroatoms. The third-order valence-corrected chi connectivity index (χ3v) is 3.86. The Hall–Kier alpha value is -0.950. The zero-order valence-corrected chi connectivity index (χ0v) is 13.5. The quantitative estimate of drug-likeness (QED) is 0.625. The van der Waals surface area contributed by atoms with Gasteiger partial charge in [-0.15, -0.1) is 0 Å².